The molecule has 2 amide bonds. The fourth-order valence-electron chi connectivity index (χ4n) is 5.01. The van der Waals surface area contributed by atoms with Crippen molar-refractivity contribution in [1.82, 2.24) is 10.6 Å². The maximum atomic E-state index is 12.5. The molecule has 8 N–H and O–H groups in total. The molecule has 0 unspecified atom stereocenters. The first kappa shape index (κ1) is 35.2. The Balaban J connectivity index is 1.50. The van der Waals surface area contributed by atoms with E-state index < -0.39 is 29.9 Å². The Bertz CT molecular complexity index is 1420. The van der Waals surface area contributed by atoms with Crippen molar-refractivity contribution in [2.24, 2.45) is 11.5 Å². The van der Waals surface area contributed by atoms with Crippen LogP contribution in [0, 0.1) is 11.3 Å². The Morgan fingerprint density at radius 3 is 2.29 bits per heavy atom. The number of carbonyl (C=O) groups is 4. The number of nitrogens with two attached hydrogens (primary N) is 2. The van der Waals surface area contributed by atoms with E-state index in [0.717, 1.165) is 40.4 Å². The van der Waals surface area contributed by atoms with E-state index in [2.05, 4.69) is 27.7 Å². The highest BCUT2D eigenvalue weighted by Crippen LogP contribution is 2.35. The molecule has 2 aromatic rings. The van der Waals surface area contributed by atoms with E-state index in [1.807, 2.05) is 24.3 Å². The molecular formula is C32H42N6O6S. The molecule has 45 heavy (non-hydrogen) atoms. The van der Waals surface area contributed by atoms with Crippen molar-refractivity contribution < 1.29 is 29.4 Å². The fraction of sp³-hybridized carbons (Fsp3) is 0.469. The van der Waals surface area contributed by atoms with Crippen molar-refractivity contribution in [3.05, 3.63) is 46.3 Å². The first-order chi connectivity index (χ1) is 21.6. The van der Waals surface area contributed by atoms with E-state index in [0.29, 0.717) is 64.6 Å². The van der Waals surface area contributed by atoms with Crippen molar-refractivity contribution in [1.29, 1.82) is 5.26 Å². The van der Waals surface area contributed by atoms with Gasteiger partial charge < -0.3 is 37.2 Å². The molecule has 1 aliphatic rings. The van der Waals surface area contributed by atoms with Gasteiger partial charge in [-0.3, -0.25) is 19.2 Å². The van der Waals surface area contributed by atoms with Gasteiger partial charge in [-0.05, 0) is 92.8 Å². The topological polar surface area (TPSA) is 212 Å². The fourth-order valence-corrected chi connectivity index (χ4v) is 5.96. The smallest absolute Gasteiger partial charge is 0.320 e. The molecule has 13 heteroatoms. The molecule has 0 saturated carbocycles. The highest BCUT2D eigenvalue weighted by molar-refractivity contribution is 7.16. The second-order valence-electron chi connectivity index (χ2n) is 11.0. The van der Waals surface area contributed by atoms with Gasteiger partial charge in [-0.25, -0.2) is 0 Å². The van der Waals surface area contributed by atoms with Crippen LogP contribution in [0.2, 0.25) is 0 Å². The molecular weight excluding hydrogens is 596 g/mol. The van der Waals surface area contributed by atoms with Crippen molar-refractivity contribution in [2.75, 3.05) is 31.1 Å². The maximum Gasteiger partial charge on any atom is 0.320 e. The molecule has 1 aliphatic heterocycles. The van der Waals surface area contributed by atoms with Gasteiger partial charge in [-0.15, -0.1) is 11.3 Å². The molecule has 2 heterocycles. The number of nitriles is 1. The number of rotatable bonds is 18. The standard InChI is InChI=1S/C32H42N6O6S/c33-20-23(30(40)37-15-4-2-8-26(35)32(43)44)19-24-10-12-28(45-24)22-9-11-27-21(18-22)6-5-16-38(27)17-13-29(39)36-14-3-1-7-25(34)31(41)42/h9-12,18-19,25-26H,1-8,13-17,34-35H2,(H,36,39)(H,37,40)(H,41,42)(H,43,44)/b23-19+/t25-,26-/m1/s1. The number of carboxylic acids is 2. The summed E-state index contributed by atoms with van der Waals surface area (Å²) < 4.78 is 0. The van der Waals surface area contributed by atoms with Crippen molar-refractivity contribution in [3.8, 4) is 16.5 Å². The Kier molecular flexibility index (Phi) is 14.0. The van der Waals surface area contributed by atoms with Crippen LogP contribution >= 0.6 is 11.3 Å². The lowest BCUT2D eigenvalue weighted by molar-refractivity contribution is -0.139. The SMILES string of the molecule is N#C/C(=C\c1ccc(-c2ccc3c(c2)CCCN3CCC(=O)NCCCC[C@@H](N)C(=O)O)s1)C(=O)NCCCC[C@@H](N)C(=O)O. The molecule has 2 atom stereocenters. The lowest BCUT2D eigenvalue weighted by Crippen LogP contribution is -2.34. The molecule has 0 radical (unpaired) electrons. The maximum absolute atomic E-state index is 12.5. The predicted octanol–water partition coefficient (Wildman–Crippen LogP) is 2.86. The molecule has 0 spiro atoms. The van der Waals surface area contributed by atoms with E-state index in [1.165, 1.54) is 16.9 Å². The minimum Gasteiger partial charge on any atom is -0.480 e. The van der Waals surface area contributed by atoms with Gasteiger partial charge in [0.1, 0.15) is 23.7 Å². The van der Waals surface area contributed by atoms with E-state index in [1.54, 1.807) is 6.08 Å². The minimum atomic E-state index is -1.05. The minimum absolute atomic E-state index is 0.00172. The average Bonchev–Trinajstić information content (AvgIpc) is 3.50. The second-order valence-corrected chi connectivity index (χ2v) is 12.2. The van der Waals surface area contributed by atoms with E-state index in [9.17, 15) is 24.4 Å². The van der Waals surface area contributed by atoms with Crippen LogP contribution in [0.15, 0.2) is 35.9 Å². The number of hydrogen-bond acceptors (Lipinski definition) is 9. The number of nitrogens with one attached hydrogen (secondary N) is 2. The first-order valence-electron chi connectivity index (χ1n) is 15.2. The highest BCUT2D eigenvalue weighted by atomic mass is 32.1. The number of unbranched alkanes of at least 4 members (excludes halogenated alkanes) is 2. The summed E-state index contributed by atoms with van der Waals surface area (Å²) in [6.07, 6.45) is 6.99. The number of fused-ring (bicyclic) bond motifs is 1. The molecule has 1 aromatic heterocycles. The third kappa shape index (κ3) is 11.3. The van der Waals surface area contributed by atoms with Gasteiger partial charge >= 0.3 is 11.9 Å². The Morgan fingerprint density at radius 1 is 0.978 bits per heavy atom. The van der Waals surface area contributed by atoms with Gasteiger partial charge in [-0.2, -0.15) is 5.26 Å². The Labute approximate surface area is 267 Å². The molecule has 0 bridgehead atoms. The van der Waals surface area contributed by atoms with Gasteiger partial charge in [0.2, 0.25) is 5.91 Å². The summed E-state index contributed by atoms with van der Waals surface area (Å²) in [6, 6.07) is 10.3. The first-order valence-corrected chi connectivity index (χ1v) is 16.0. The van der Waals surface area contributed by atoms with E-state index in [-0.39, 0.29) is 11.5 Å². The van der Waals surface area contributed by atoms with Crippen LogP contribution in [0.4, 0.5) is 5.69 Å². The number of aryl methyl sites for hydroxylation is 1. The summed E-state index contributed by atoms with van der Waals surface area (Å²) in [5.74, 6) is -2.57. The number of hydrogen-bond donors (Lipinski definition) is 6. The highest BCUT2D eigenvalue weighted by Gasteiger charge is 2.19. The van der Waals surface area contributed by atoms with Crippen LogP contribution in [0.3, 0.4) is 0 Å². The van der Waals surface area contributed by atoms with Crippen molar-refractivity contribution in [2.45, 2.75) is 69.9 Å². The average molecular weight is 639 g/mol. The molecule has 1 aromatic carbocycles. The van der Waals surface area contributed by atoms with Crippen molar-refractivity contribution >= 4 is 46.9 Å². The normalized spacial score (nSPS) is 14.2. The number of carbonyl (C=O) groups excluding carboxylic acids is 2. The summed E-state index contributed by atoms with van der Waals surface area (Å²) in [7, 11) is 0. The largest absolute Gasteiger partial charge is 0.480 e. The lowest BCUT2D eigenvalue weighted by atomic mass is 9.98. The summed E-state index contributed by atoms with van der Waals surface area (Å²) in [5, 5.41) is 32.8. The zero-order chi connectivity index (χ0) is 32.8. The van der Waals surface area contributed by atoms with Crippen LogP contribution < -0.4 is 27.0 Å². The molecule has 0 aliphatic carbocycles. The summed E-state index contributed by atoms with van der Waals surface area (Å²) in [6.45, 7) is 2.29. The van der Waals surface area contributed by atoms with Gasteiger partial charge in [-0.1, -0.05) is 6.07 Å². The molecule has 12 nitrogen and oxygen atoms in total. The van der Waals surface area contributed by atoms with Crippen LogP contribution in [0.1, 0.15) is 61.8 Å². The van der Waals surface area contributed by atoms with Gasteiger partial charge in [0.05, 0.1) is 0 Å². The van der Waals surface area contributed by atoms with Gasteiger partial charge in [0, 0.05) is 48.0 Å². The van der Waals surface area contributed by atoms with Crippen LogP contribution in [0.25, 0.3) is 16.5 Å². The number of carboxylic acid groups (broad SMARTS) is 2. The number of thiophene rings is 1. The van der Waals surface area contributed by atoms with Gasteiger partial charge in [0.25, 0.3) is 5.91 Å². The zero-order valence-corrected chi connectivity index (χ0v) is 26.1. The molecule has 242 valence electrons. The zero-order valence-electron chi connectivity index (χ0n) is 25.3. The third-order valence-electron chi connectivity index (χ3n) is 7.59. The molecule has 3 rings (SSSR count). The van der Waals surface area contributed by atoms with Crippen LogP contribution in [-0.2, 0) is 25.6 Å². The third-order valence-corrected chi connectivity index (χ3v) is 8.67. The second kappa shape index (κ2) is 17.9. The number of anilines is 1. The lowest BCUT2D eigenvalue weighted by Gasteiger charge is -2.31. The van der Waals surface area contributed by atoms with E-state index in [4.69, 9.17) is 21.7 Å². The summed E-state index contributed by atoms with van der Waals surface area (Å²) in [4.78, 5) is 50.5. The quantitative estimate of drug-likeness (QED) is 0.0798. The summed E-state index contributed by atoms with van der Waals surface area (Å²) >= 11 is 1.48. The van der Waals surface area contributed by atoms with Crippen LogP contribution in [-0.4, -0.2) is 72.2 Å². The molecule has 0 fully saturated rings. The number of aliphatic carboxylic acids is 2. The predicted molar refractivity (Wildman–Crippen MR) is 173 cm³/mol. The number of nitrogens with zero attached hydrogens (tertiary/aromatic N) is 2. The molecule has 0 saturated heterocycles. The number of benzene rings is 1. The van der Waals surface area contributed by atoms with Crippen LogP contribution in [0.5, 0.6) is 0 Å². The number of amides is 2. The summed E-state index contributed by atoms with van der Waals surface area (Å²) in [5.41, 5.74) is 14.4. The van der Waals surface area contributed by atoms with E-state index >= 15 is 0 Å². The van der Waals surface area contributed by atoms with Crippen molar-refractivity contribution in [3.63, 3.8) is 0 Å². The Morgan fingerprint density at radius 2 is 1.64 bits per heavy atom. The van der Waals surface area contributed by atoms with Gasteiger partial charge in [0.15, 0.2) is 0 Å². The Hall–Kier alpha value is -4.25. The monoisotopic (exact) mass is 638 g/mol.